The number of ether oxygens (including phenoxy) is 2. The van der Waals surface area contributed by atoms with Crippen molar-refractivity contribution in [2.45, 2.75) is 38.3 Å². The maximum absolute atomic E-state index is 12.1. The average Bonchev–Trinajstić information content (AvgIpc) is 2.46. The van der Waals surface area contributed by atoms with Gasteiger partial charge in [-0.2, -0.15) is 0 Å². The Morgan fingerprint density at radius 3 is 2.76 bits per heavy atom. The number of hydrogen-bond donors (Lipinski definition) is 2. The van der Waals surface area contributed by atoms with E-state index in [1.807, 2.05) is 6.92 Å². The second-order valence-corrected chi connectivity index (χ2v) is 4.85. The molecule has 1 rings (SSSR count). The van der Waals surface area contributed by atoms with Crippen molar-refractivity contribution in [1.29, 1.82) is 0 Å². The topological polar surface area (TPSA) is 105 Å². The van der Waals surface area contributed by atoms with Gasteiger partial charge in [-0.3, -0.25) is 4.79 Å². The van der Waals surface area contributed by atoms with E-state index in [0.29, 0.717) is 26.0 Å². The Morgan fingerprint density at radius 1 is 1.48 bits per heavy atom. The number of nitrogens with zero attached hydrogens (tertiary/aromatic N) is 1. The summed E-state index contributed by atoms with van der Waals surface area (Å²) in [5.41, 5.74) is 0. The van der Waals surface area contributed by atoms with Crippen molar-refractivity contribution in [2.75, 3.05) is 26.8 Å². The highest BCUT2D eigenvalue weighted by Crippen LogP contribution is 2.10. The van der Waals surface area contributed by atoms with Gasteiger partial charge < -0.3 is 24.8 Å². The Balaban J connectivity index is 2.52. The molecule has 1 aliphatic heterocycles. The summed E-state index contributed by atoms with van der Waals surface area (Å²) < 4.78 is 9.95. The third kappa shape index (κ3) is 5.58. The molecule has 21 heavy (non-hydrogen) atoms. The highest BCUT2D eigenvalue weighted by atomic mass is 16.5. The van der Waals surface area contributed by atoms with Gasteiger partial charge in [-0.25, -0.2) is 9.59 Å². The quantitative estimate of drug-likeness (QED) is 0.680. The van der Waals surface area contributed by atoms with Crippen LogP contribution in [0.4, 0.5) is 4.79 Å². The molecule has 1 unspecified atom stereocenters. The van der Waals surface area contributed by atoms with Crippen LogP contribution in [0.15, 0.2) is 0 Å². The van der Waals surface area contributed by atoms with E-state index in [4.69, 9.17) is 9.84 Å². The number of carbonyl (C=O) groups excluding carboxylic acids is 2. The fraction of sp³-hybridized carbons (Fsp3) is 0.769. The van der Waals surface area contributed by atoms with Gasteiger partial charge in [-0.05, 0) is 6.42 Å². The first-order valence-corrected chi connectivity index (χ1v) is 6.94. The predicted octanol–water partition coefficient (Wildman–Crippen LogP) is 0.213. The molecule has 1 fully saturated rings. The monoisotopic (exact) mass is 302 g/mol. The predicted molar refractivity (Wildman–Crippen MR) is 72.8 cm³/mol. The maximum atomic E-state index is 12.1. The van der Waals surface area contributed by atoms with Crippen molar-refractivity contribution in [3.05, 3.63) is 0 Å². The van der Waals surface area contributed by atoms with Crippen LogP contribution in [0.5, 0.6) is 0 Å². The van der Waals surface area contributed by atoms with Crippen molar-refractivity contribution >= 4 is 18.0 Å². The number of esters is 1. The second-order valence-electron chi connectivity index (χ2n) is 4.85. The van der Waals surface area contributed by atoms with Crippen LogP contribution in [0.1, 0.15) is 26.2 Å². The third-order valence-corrected chi connectivity index (χ3v) is 3.22. The molecule has 8 nitrogen and oxygen atoms in total. The summed E-state index contributed by atoms with van der Waals surface area (Å²) in [4.78, 5) is 35.8. The van der Waals surface area contributed by atoms with Crippen molar-refractivity contribution in [3.8, 4) is 0 Å². The zero-order valence-electron chi connectivity index (χ0n) is 12.3. The first-order chi connectivity index (χ1) is 9.97. The summed E-state index contributed by atoms with van der Waals surface area (Å²) in [6.45, 7) is 2.76. The molecular formula is C13H22N2O6. The Kier molecular flexibility index (Phi) is 6.93. The van der Waals surface area contributed by atoms with E-state index >= 15 is 0 Å². The Hall–Kier alpha value is -1.83. The first kappa shape index (κ1) is 17.2. The number of carbonyl (C=O) groups is 3. The molecule has 0 radical (unpaired) electrons. The highest BCUT2D eigenvalue weighted by Gasteiger charge is 2.28. The fourth-order valence-electron chi connectivity index (χ4n) is 2.08. The van der Waals surface area contributed by atoms with Crippen LogP contribution in [0.2, 0.25) is 0 Å². The van der Waals surface area contributed by atoms with E-state index in [9.17, 15) is 14.4 Å². The highest BCUT2D eigenvalue weighted by molar-refractivity contribution is 5.82. The molecule has 8 heteroatoms. The lowest BCUT2D eigenvalue weighted by Gasteiger charge is -2.33. The van der Waals surface area contributed by atoms with Gasteiger partial charge in [0.05, 0.1) is 26.2 Å². The summed E-state index contributed by atoms with van der Waals surface area (Å²) >= 11 is 0. The van der Waals surface area contributed by atoms with Gasteiger partial charge >= 0.3 is 18.0 Å². The lowest BCUT2D eigenvalue weighted by molar-refractivity contribution is -0.145. The van der Waals surface area contributed by atoms with E-state index in [0.717, 1.165) is 0 Å². The number of aliphatic carboxylic acids is 1. The minimum absolute atomic E-state index is 0.0671. The molecule has 1 aliphatic rings. The normalized spacial score (nSPS) is 19.7. The molecule has 0 aromatic heterocycles. The van der Waals surface area contributed by atoms with Crippen molar-refractivity contribution in [2.24, 2.45) is 0 Å². The van der Waals surface area contributed by atoms with Crippen LogP contribution in [-0.4, -0.2) is 66.9 Å². The molecule has 0 saturated carbocycles. The summed E-state index contributed by atoms with van der Waals surface area (Å²) in [6, 6.07) is -1.35. The van der Waals surface area contributed by atoms with E-state index in [1.165, 1.54) is 12.0 Å². The van der Waals surface area contributed by atoms with Gasteiger partial charge in [-0.1, -0.05) is 13.3 Å². The number of nitrogens with one attached hydrogen (secondary N) is 1. The lowest BCUT2D eigenvalue weighted by atomic mass is 10.1. The number of rotatable bonds is 6. The molecule has 0 spiro atoms. The Labute approximate surface area is 123 Å². The van der Waals surface area contributed by atoms with Gasteiger partial charge in [0.25, 0.3) is 0 Å². The minimum Gasteiger partial charge on any atom is -0.480 e. The number of hydrogen-bond acceptors (Lipinski definition) is 5. The first-order valence-electron chi connectivity index (χ1n) is 6.94. The molecule has 0 aromatic carbocycles. The lowest BCUT2D eigenvalue weighted by Crippen LogP contribution is -2.53. The fourth-order valence-corrected chi connectivity index (χ4v) is 2.08. The summed E-state index contributed by atoms with van der Waals surface area (Å²) in [5.74, 6) is -1.46. The number of carboxylic acids is 1. The van der Waals surface area contributed by atoms with E-state index in [2.05, 4.69) is 10.1 Å². The Bertz CT molecular complexity index is 387. The summed E-state index contributed by atoms with van der Waals surface area (Å²) in [6.07, 6.45) is 0.673. The molecule has 120 valence electrons. The smallest absolute Gasteiger partial charge is 0.326 e. The third-order valence-electron chi connectivity index (χ3n) is 3.22. The molecule has 0 bridgehead atoms. The summed E-state index contributed by atoms with van der Waals surface area (Å²) in [7, 11) is 1.29. The van der Waals surface area contributed by atoms with E-state index < -0.39 is 30.1 Å². The van der Waals surface area contributed by atoms with Gasteiger partial charge in [0, 0.05) is 13.1 Å². The van der Waals surface area contributed by atoms with Crippen LogP contribution in [0.25, 0.3) is 0 Å². The van der Waals surface area contributed by atoms with Gasteiger partial charge in [-0.15, -0.1) is 0 Å². The minimum atomic E-state index is -1.05. The van der Waals surface area contributed by atoms with Gasteiger partial charge in [0.1, 0.15) is 6.04 Å². The van der Waals surface area contributed by atoms with Crippen molar-refractivity contribution in [3.63, 3.8) is 0 Å². The molecule has 0 aromatic rings. The van der Waals surface area contributed by atoms with Crippen molar-refractivity contribution < 1.29 is 29.0 Å². The average molecular weight is 302 g/mol. The van der Waals surface area contributed by atoms with E-state index in [-0.39, 0.29) is 13.0 Å². The molecular weight excluding hydrogens is 280 g/mol. The Morgan fingerprint density at radius 2 is 2.19 bits per heavy atom. The number of amides is 2. The van der Waals surface area contributed by atoms with Crippen LogP contribution in [0, 0.1) is 0 Å². The molecule has 2 amide bonds. The van der Waals surface area contributed by atoms with Crippen LogP contribution < -0.4 is 5.32 Å². The second kappa shape index (κ2) is 8.46. The molecule has 2 atom stereocenters. The molecule has 1 heterocycles. The zero-order valence-corrected chi connectivity index (χ0v) is 12.3. The number of urea groups is 1. The largest absolute Gasteiger partial charge is 0.480 e. The van der Waals surface area contributed by atoms with Crippen LogP contribution >= 0.6 is 0 Å². The standard InChI is InChI=1S/C13H22N2O6/c1-3-4-10(12(17)18)14-13(19)15-5-6-21-9(8-15)7-11(16)20-2/h9-10H,3-8H2,1-2H3,(H,14,19)(H,17,18)/t9?,10-/m0/s1. The van der Waals surface area contributed by atoms with Gasteiger partial charge in [0.15, 0.2) is 0 Å². The zero-order chi connectivity index (χ0) is 15.8. The number of morpholine rings is 1. The number of methoxy groups -OCH3 is 1. The molecule has 0 aliphatic carbocycles. The van der Waals surface area contributed by atoms with E-state index in [1.54, 1.807) is 0 Å². The SMILES string of the molecule is CCC[C@H](NC(=O)N1CCOC(CC(=O)OC)C1)C(=O)O. The van der Waals surface area contributed by atoms with Crippen LogP contribution in [0.3, 0.4) is 0 Å². The van der Waals surface area contributed by atoms with Crippen LogP contribution in [-0.2, 0) is 19.1 Å². The van der Waals surface area contributed by atoms with Gasteiger partial charge in [0.2, 0.25) is 0 Å². The molecule has 2 N–H and O–H groups in total. The van der Waals surface area contributed by atoms with Crippen molar-refractivity contribution in [1.82, 2.24) is 10.2 Å². The number of carboxylic acid groups (broad SMARTS) is 1. The maximum Gasteiger partial charge on any atom is 0.326 e. The summed E-state index contributed by atoms with van der Waals surface area (Å²) in [5, 5.41) is 11.5. The molecule has 1 saturated heterocycles.